The van der Waals surface area contributed by atoms with Crippen molar-refractivity contribution in [3.63, 3.8) is 0 Å². The minimum absolute atomic E-state index is 0.690. The Balaban J connectivity index is 1.71. The lowest BCUT2D eigenvalue weighted by atomic mass is 10.0. The first kappa shape index (κ1) is 14.3. The quantitative estimate of drug-likeness (QED) is 0.786. The molecule has 1 unspecified atom stereocenters. The maximum Gasteiger partial charge on any atom is 0.0236 e. The number of nitrogens with zero attached hydrogens (tertiary/aromatic N) is 1. The van der Waals surface area contributed by atoms with Gasteiger partial charge in [-0.15, -0.1) is 0 Å². The second-order valence-electron chi connectivity index (χ2n) is 6.15. The lowest BCUT2D eigenvalue weighted by Gasteiger charge is -2.30. The second kappa shape index (κ2) is 7.42. The lowest BCUT2D eigenvalue weighted by Crippen LogP contribution is -2.35. The highest BCUT2D eigenvalue weighted by molar-refractivity contribution is 5.17. The molecule has 2 aromatic rings. The molecule has 1 aliphatic rings. The van der Waals surface area contributed by atoms with Gasteiger partial charge >= 0.3 is 0 Å². The van der Waals surface area contributed by atoms with Crippen LogP contribution in [0.4, 0.5) is 0 Å². The van der Waals surface area contributed by atoms with Crippen LogP contribution in [0.3, 0.4) is 0 Å². The summed E-state index contributed by atoms with van der Waals surface area (Å²) in [6.07, 6.45) is 6.63. The number of benzene rings is 2. The number of likely N-dealkylation sites (tertiary alicyclic amines) is 1. The van der Waals surface area contributed by atoms with Crippen molar-refractivity contribution in [1.29, 1.82) is 0 Å². The van der Waals surface area contributed by atoms with Crippen molar-refractivity contribution >= 4 is 0 Å². The number of hydrogen-bond acceptors (Lipinski definition) is 1. The predicted molar refractivity (Wildman–Crippen MR) is 89.3 cm³/mol. The van der Waals surface area contributed by atoms with E-state index in [9.17, 15) is 0 Å². The number of rotatable bonds is 4. The van der Waals surface area contributed by atoms with Crippen LogP contribution in [-0.2, 0) is 13.0 Å². The van der Waals surface area contributed by atoms with E-state index in [0.29, 0.717) is 6.04 Å². The van der Waals surface area contributed by atoms with Crippen LogP contribution in [0.15, 0.2) is 60.7 Å². The van der Waals surface area contributed by atoms with Crippen molar-refractivity contribution in [1.82, 2.24) is 4.90 Å². The fourth-order valence-corrected chi connectivity index (χ4v) is 3.38. The molecule has 0 radical (unpaired) electrons. The smallest absolute Gasteiger partial charge is 0.0236 e. The Bertz CT molecular complexity index is 471. The molecule has 0 aliphatic carbocycles. The van der Waals surface area contributed by atoms with Crippen molar-refractivity contribution in [2.24, 2.45) is 0 Å². The van der Waals surface area contributed by atoms with Gasteiger partial charge in [-0.1, -0.05) is 73.5 Å². The van der Waals surface area contributed by atoms with Gasteiger partial charge in [-0.05, 0) is 36.9 Å². The van der Waals surface area contributed by atoms with Gasteiger partial charge in [0, 0.05) is 12.6 Å². The van der Waals surface area contributed by atoms with Crippen LogP contribution >= 0.6 is 0 Å². The lowest BCUT2D eigenvalue weighted by molar-refractivity contribution is 0.189. The van der Waals surface area contributed by atoms with Gasteiger partial charge in [0.1, 0.15) is 0 Å². The van der Waals surface area contributed by atoms with Gasteiger partial charge in [-0.3, -0.25) is 4.90 Å². The van der Waals surface area contributed by atoms with E-state index in [2.05, 4.69) is 65.6 Å². The van der Waals surface area contributed by atoms with E-state index in [1.807, 2.05) is 0 Å². The second-order valence-corrected chi connectivity index (χ2v) is 6.15. The molecule has 1 aliphatic heterocycles. The van der Waals surface area contributed by atoms with Crippen LogP contribution in [0.5, 0.6) is 0 Å². The summed E-state index contributed by atoms with van der Waals surface area (Å²) in [6.45, 7) is 2.34. The first-order chi connectivity index (χ1) is 10.4. The highest BCUT2D eigenvalue weighted by Gasteiger charge is 2.21. The molecule has 1 nitrogen and oxygen atoms in total. The molecule has 0 aromatic heterocycles. The molecule has 0 N–H and O–H groups in total. The van der Waals surface area contributed by atoms with Gasteiger partial charge in [-0.25, -0.2) is 0 Å². The Morgan fingerprint density at radius 3 is 2.14 bits per heavy atom. The Labute approximate surface area is 128 Å². The highest BCUT2D eigenvalue weighted by atomic mass is 15.2. The largest absolute Gasteiger partial charge is 0.296 e. The molecule has 1 saturated heterocycles. The Morgan fingerprint density at radius 1 is 0.762 bits per heavy atom. The van der Waals surface area contributed by atoms with Gasteiger partial charge < -0.3 is 0 Å². The van der Waals surface area contributed by atoms with E-state index in [1.165, 1.54) is 49.8 Å². The minimum atomic E-state index is 0.690. The average molecular weight is 279 g/mol. The highest BCUT2D eigenvalue weighted by Crippen LogP contribution is 2.22. The Kier molecular flexibility index (Phi) is 5.07. The zero-order valence-corrected chi connectivity index (χ0v) is 12.7. The third kappa shape index (κ3) is 4.18. The molecule has 1 heterocycles. The molecule has 21 heavy (non-hydrogen) atoms. The Hall–Kier alpha value is -1.60. The summed E-state index contributed by atoms with van der Waals surface area (Å²) in [5, 5.41) is 0. The third-order valence-electron chi connectivity index (χ3n) is 4.54. The summed E-state index contributed by atoms with van der Waals surface area (Å²) < 4.78 is 0. The normalized spacial score (nSPS) is 20.1. The van der Waals surface area contributed by atoms with E-state index in [1.54, 1.807) is 0 Å². The molecule has 0 bridgehead atoms. The molecule has 0 amide bonds. The number of hydrogen-bond donors (Lipinski definition) is 0. The fourth-order valence-electron chi connectivity index (χ4n) is 3.38. The first-order valence-electron chi connectivity index (χ1n) is 8.24. The fraction of sp³-hybridized carbons (Fsp3) is 0.400. The molecular weight excluding hydrogens is 254 g/mol. The van der Waals surface area contributed by atoms with Crippen LogP contribution in [0.2, 0.25) is 0 Å². The molecule has 2 aromatic carbocycles. The van der Waals surface area contributed by atoms with Crippen molar-refractivity contribution < 1.29 is 0 Å². The van der Waals surface area contributed by atoms with E-state index in [-0.39, 0.29) is 0 Å². The minimum Gasteiger partial charge on any atom is -0.296 e. The van der Waals surface area contributed by atoms with Crippen molar-refractivity contribution in [3.05, 3.63) is 71.8 Å². The van der Waals surface area contributed by atoms with Crippen molar-refractivity contribution in [2.75, 3.05) is 6.54 Å². The summed E-state index contributed by atoms with van der Waals surface area (Å²) >= 11 is 0. The maximum atomic E-state index is 2.70. The topological polar surface area (TPSA) is 3.24 Å². The van der Waals surface area contributed by atoms with Crippen LogP contribution in [-0.4, -0.2) is 17.5 Å². The van der Waals surface area contributed by atoms with E-state index in [4.69, 9.17) is 0 Å². The van der Waals surface area contributed by atoms with Gasteiger partial charge in [0.15, 0.2) is 0 Å². The monoisotopic (exact) mass is 279 g/mol. The summed E-state index contributed by atoms with van der Waals surface area (Å²) in [6, 6.07) is 22.6. The molecule has 0 saturated carbocycles. The third-order valence-corrected chi connectivity index (χ3v) is 4.54. The average Bonchev–Trinajstić information content (AvgIpc) is 2.75. The molecule has 1 atom stereocenters. The predicted octanol–water partition coefficient (Wildman–Crippen LogP) is 4.67. The maximum absolute atomic E-state index is 2.70. The zero-order chi connectivity index (χ0) is 14.3. The van der Waals surface area contributed by atoms with Crippen molar-refractivity contribution in [3.8, 4) is 0 Å². The zero-order valence-electron chi connectivity index (χ0n) is 12.7. The van der Waals surface area contributed by atoms with E-state index in [0.717, 1.165) is 6.54 Å². The molecule has 1 fully saturated rings. The first-order valence-corrected chi connectivity index (χ1v) is 8.24. The van der Waals surface area contributed by atoms with Gasteiger partial charge in [0.2, 0.25) is 0 Å². The molecule has 3 rings (SSSR count). The van der Waals surface area contributed by atoms with Crippen LogP contribution in [0.1, 0.15) is 36.8 Å². The van der Waals surface area contributed by atoms with Crippen LogP contribution < -0.4 is 0 Å². The summed E-state index contributed by atoms with van der Waals surface area (Å²) in [4.78, 5) is 2.70. The van der Waals surface area contributed by atoms with Crippen LogP contribution in [0, 0.1) is 0 Å². The van der Waals surface area contributed by atoms with Gasteiger partial charge in [0.25, 0.3) is 0 Å². The summed E-state index contributed by atoms with van der Waals surface area (Å²) in [7, 11) is 0. The molecule has 0 spiro atoms. The SMILES string of the molecule is c1ccc(CC2CCCCCN2Cc2ccccc2)cc1. The summed E-state index contributed by atoms with van der Waals surface area (Å²) in [5.41, 5.74) is 2.92. The Morgan fingerprint density at radius 2 is 1.43 bits per heavy atom. The molecule has 1 heteroatoms. The van der Waals surface area contributed by atoms with E-state index < -0.39 is 0 Å². The van der Waals surface area contributed by atoms with Gasteiger partial charge in [-0.2, -0.15) is 0 Å². The van der Waals surface area contributed by atoms with Gasteiger partial charge in [0.05, 0.1) is 0 Å². The standard InChI is InChI=1S/C20H25N/c1-4-10-18(11-5-1)16-20-14-8-3-9-15-21(20)17-19-12-6-2-7-13-19/h1-2,4-7,10-13,20H,3,8-9,14-17H2. The van der Waals surface area contributed by atoms with Crippen molar-refractivity contribution in [2.45, 2.75) is 44.7 Å². The van der Waals surface area contributed by atoms with Crippen LogP contribution in [0.25, 0.3) is 0 Å². The molecular formula is C20H25N. The van der Waals surface area contributed by atoms with E-state index >= 15 is 0 Å². The summed E-state index contributed by atoms with van der Waals surface area (Å²) in [5.74, 6) is 0. The molecule has 110 valence electrons.